The molecule has 0 bridgehead atoms. The lowest BCUT2D eigenvalue weighted by molar-refractivity contribution is -0.125. The van der Waals surface area contributed by atoms with Crippen LogP contribution < -0.4 is 0 Å². The Morgan fingerprint density at radius 3 is 2.65 bits per heavy atom. The Labute approximate surface area is 98.8 Å². The molecule has 1 aromatic rings. The molecule has 1 saturated heterocycles. The van der Waals surface area contributed by atoms with Gasteiger partial charge >= 0.3 is 0 Å². The van der Waals surface area contributed by atoms with Gasteiger partial charge in [0.1, 0.15) is 0 Å². The lowest BCUT2D eigenvalue weighted by atomic mass is 10.3. The minimum absolute atomic E-state index is 0.176. The summed E-state index contributed by atoms with van der Waals surface area (Å²) in [7, 11) is 1.79. The highest BCUT2D eigenvalue weighted by Crippen LogP contribution is 2.11. The van der Waals surface area contributed by atoms with E-state index in [4.69, 9.17) is 0 Å². The molecule has 0 radical (unpaired) electrons. The number of amides is 1. The van der Waals surface area contributed by atoms with Gasteiger partial charge in [-0.2, -0.15) is 5.10 Å². The molecule has 1 fully saturated rings. The number of aromatic nitrogens is 2. The standard InChI is InChI=1S/C11H15N3O3/c1-13-8(4-5-12-13)2-3-11(17)14-6-9(15)10(16)7-14/h2-5,9-10,15-16H,6-7H2,1H3/t9-,10+. The molecule has 2 N–H and O–H groups in total. The van der Waals surface area contributed by atoms with Crippen LogP contribution in [0.15, 0.2) is 18.3 Å². The van der Waals surface area contributed by atoms with E-state index in [2.05, 4.69) is 5.10 Å². The average Bonchev–Trinajstić information content (AvgIpc) is 2.83. The number of hydrogen-bond acceptors (Lipinski definition) is 4. The maximum atomic E-state index is 11.7. The van der Waals surface area contributed by atoms with Crippen LogP contribution in [0.3, 0.4) is 0 Å². The van der Waals surface area contributed by atoms with E-state index in [9.17, 15) is 15.0 Å². The summed E-state index contributed by atoms with van der Waals surface area (Å²) in [6.45, 7) is 0.353. The second-order valence-corrected chi connectivity index (χ2v) is 4.09. The molecule has 1 amide bonds. The van der Waals surface area contributed by atoms with E-state index in [-0.39, 0.29) is 19.0 Å². The van der Waals surface area contributed by atoms with Crippen LogP contribution in [0, 0.1) is 0 Å². The van der Waals surface area contributed by atoms with Crippen LogP contribution in [0.2, 0.25) is 0 Å². The average molecular weight is 237 g/mol. The van der Waals surface area contributed by atoms with E-state index in [0.717, 1.165) is 5.69 Å². The summed E-state index contributed by atoms with van der Waals surface area (Å²) < 4.78 is 1.65. The number of carbonyl (C=O) groups excluding carboxylic acids is 1. The summed E-state index contributed by atoms with van der Waals surface area (Å²) in [5, 5.41) is 22.6. The number of β-amino-alcohol motifs (C(OH)–C–C–N with tert-alkyl or cyclic N) is 2. The van der Waals surface area contributed by atoms with Gasteiger partial charge in [-0.3, -0.25) is 9.48 Å². The lowest BCUT2D eigenvalue weighted by Crippen LogP contribution is -2.27. The van der Waals surface area contributed by atoms with Gasteiger partial charge in [0.25, 0.3) is 0 Å². The molecule has 2 heterocycles. The van der Waals surface area contributed by atoms with Crippen molar-refractivity contribution >= 4 is 12.0 Å². The van der Waals surface area contributed by atoms with Gasteiger partial charge in [0.2, 0.25) is 5.91 Å². The second-order valence-electron chi connectivity index (χ2n) is 4.09. The van der Waals surface area contributed by atoms with E-state index in [1.165, 1.54) is 11.0 Å². The number of aliphatic hydroxyl groups excluding tert-OH is 2. The highest BCUT2D eigenvalue weighted by atomic mass is 16.3. The molecule has 1 aliphatic heterocycles. The van der Waals surface area contributed by atoms with Crippen molar-refractivity contribution in [1.82, 2.24) is 14.7 Å². The monoisotopic (exact) mass is 237 g/mol. The van der Waals surface area contributed by atoms with Gasteiger partial charge in [0.15, 0.2) is 0 Å². The number of aryl methyl sites for hydroxylation is 1. The normalized spacial score (nSPS) is 24.8. The van der Waals surface area contributed by atoms with Crippen molar-refractivity contribution in [3.8, 4) is 0 Å². The number of nitrogens with zero attached hydrogens (tertiary/aromatic N) is 3. The molecular formula is C11H15N3O3. The summed E-state index contributed by atoms with van der Waals surface area (Å²) in [6.07, 6.45) is 3.04. The molecule has 2 rings (SSSR count). The Morgan fingerprint density at radius 2 is 2.12 bits per heavy atom. The molecule has 0 spiro atoms. The summed E-state index contributed by atoms with van der Waals surface area (Å²) in [6, 6.07) is 1.79. The minimum Gasteiger partial charge on any atom is -0.388 e. The zero-order valence-electron chi connectivity index (χ0n) is 9.52. The number of likely N-dealkylation sites (tertiary alicyclic amines) is 1. The molecule has 2 atom stereocenters. The molecule has 0 saturated carbocycles. The largest absolute Gasteiger partial charge is 0.388 e. The van der Waals surface area contributed by atoms with Crippen molar-refractivity contribution in [3.05, 3.63) is 24.0 Å². The smallest absolute Gasteiger partial charge is 0.246 e. The van der Waals surface area contributed by atoms with Crippen molar-refractivity contribution in [1.29, 1.82) is 0 Å². The number of aliphatic hydroxyl groups is 2. The van der Waals surface area contributed by atoms with E-state index in [0.29, 0.717) is 0 Å². The van der Waals surface area contributed by atoms with E-state index in [1.54, 1.807) is 30.1 Å². The van der Waals surface area contributed by atoms with E-state index in [1.807, 2.05) is 0 Å². The fourth-order valence-corrected chi connectivity index (χ4v) is 1.76. The maximum absolute atomic E-state index is 11.7. The van der Waals surface area contributed by atoms with Crippen LogP contribution in [0.1, 0.15) is 5.69 Å². The van der Waals surface area contributed by atoms with Crippen LogP contribution >= 0.6 is 0 Å². The highest BCUT2D eigenvalue weighted by molar-refractivity contribution is 5.91. The molecule has 1 aliphatic rings. The predicted octanol–water partition coefficient (Wildman–Crippen LogP) is -1.00. The molecule has 1 aromatic heterocycles. The summed E-state index contributed by atoms with van der Waals surface area (Å²) in [5.74, 6) is -0.221. The van der Waals surface area contributed by atoms with Crippen molar-refractivity contribution in [3.63, 3.8) is 0 Å². The Hall–Kier alpha value is -1.66. The maximum Gasteiger partial charge on any atom is 0.246 e. The Bertz CT molecular complexity index is 431. The zero-order valence-corrected chi connectivity index (χ0v) is 9.52. The van der Waals surface area contributed by atoms with Crippen LogP contribution in [0.4, 0.5) is 0 Å². The van der Waals surface area contributed by atoms with E-state index >= 15 is 0 Å². The first kappa shape index (κ1) is 11.8. The molecule has 92 valence electrons. The fraction of sp³-hybridized carbons (Fsp3) is 0.455. The Balaban J connectivity index is 1.98. The molecule has 0 aliphatic carbocycles. The van der Waals surface area contributed by atoms with Crippen molar-refractivity contribution < 1.29 is 15.0 Å². The number of rotatable bonds is 2. The zero-order chi connectivity index (χ0) is 12.4. The van der Waals surface area contributed by atoms with Gasteiger partial charge in [-0.1, -0.05) is 0 Å². The third kappa shape index (κ3) is 2.54. The lowest BCUT2D eigenvalue weighted by Gasteiger charge is -2.11. The van der Waals surface area contributed by atoms with Gasteiger partial charge in [0.05, 0.1) is 17.9 Å². The van der Waals surface area contributed by atoms with Gasteiger partial charge in [-0.15, -0.1) is 0 Å². The van der Waals surface area contributed by atoms with Gasteiger partial charge in [-0.25, -0.2) is 0 Å². The van der Waals surface area contributed by atoms with Crippen molar-refractivity contribution in [2.24, 2.45) is 7.05 Å². The quantitative estimate of drug-likeness (QED) is 0.646. The molecule has 6 nitrogen and oxygen atoms in total. The van der Waals surface area contributed by atoms with Crippen molar-refractivity contribution in [2.75, 3.05) is 13.1 Å². The molecule has 0 aromatic carbocycles. The van der Waals surface area contributed by atoms with Gasteiger partial charge in [0, 0.05) is 32.4 Å². The molecule has 0 unspecified atom stereocenters. The van der Waals surface area contributed by atoms with Crippen molar-refractivity contribution in [2.45, 2.75) is 12.2 Å². The highest BCUT2D eigenvalue weighted by Gasteiger charge is 2.31. The predicted molar refractivity (Wildman–Crippen MR) is 60.8 cm³/mol. The summed E-state index contributed by atoms with van der Waals surface area (Å²) >= 11 is 0. The van der Waals surface area contributed by atoms with Crippen LogP contribution in [-0.4, -0.2) is 56.1 Å². The van der Waals surface area contributed by atoms with Gasteiger partial charge < -0.3 is 15.1 Å². The fourth-order valence-electron chi connectivity index (χ4n) is 1.76. The Morgan fingerprint density at radius 1 is 1.47 bits per heavy atom. The molecule has 6 heteroatoms. The second kappa shape index (κ2) is 4.68. The molecular weight excluding hydrogens is 222 g/mol. The number of hydrogen-bond donors (Lipinski definition) is 2. The first-order chi connectivity index (χ1) is 8.08. The third-order valence-electron chi connectivity index (χ3n) is 2.83. The molecule has 17 heavy (non-hydrogen) atoms. The van der Waals surface area contributed by atoms with Crippen LogP contribution in [0.25, 0.3) is 6.08 Å². The third-order valence-corrected chi connectivity index (χ3v) is 2.83. The summed E-state index contributed by atoms with van der Waals surface area (Å²) in [5.41, 5.74) is 0.818. The van der Waals surface area contributed by atoms with E-state index < -0.39 is 12.2 Å². The first-order valence-corrected chi connectivity index (χ1v) is 5.39. The van der Waals surface area contributed by atoms with Gasteiger partial charge in [-0.05, 0) is 12.1 Å². The number of carbonyl (C=O) groups is 1. The SMILES string of the molecule is Cn1nccc1C=CC(=O)N1C[C@@H](O)[C@@H](O)C1. The topological polar surface area (TPSA) is 78.6 Å². The minimum atomic E-state index is -0.843. The summed E-state index contributed by atoms with van der Waals surface area (Å²) in [4.78, 5) is 13.1. The van der Waals surface area contributed by atoms with Crippen LogP contribution in [0.5, 0.6) is 0 Å². The van der Waals surface area contributed by atoms with Crippen LogP contribution in [-0.2, 0) is 11.8 Å². The Kier molecular flexibility index (Phi) is 3.26. The first-order valence-electron chi connectivity index (χ1n) is 5.39.